The van der Waals surface area contributed by atoms with E-state index in [0.717, 1.165) is 0 Å². The molecule has 0 aromatic heterocycles. The van der Waals surface area contributed by atoms with Crippen LogP contribution in [0, 0.1) is 0 Å². The molecule has 4 aromatic rings. The molecule has 0 bridgehead atoms. The molecule has 2 amide bonds. The molecule has 4 rings (SSSR count). The first kappa shape index (κ1) is 29.4. The lowest BCUT2D eigenvalue weighted by atomic mass is 10.0. The first-order valence-corrected chi connectivity index (χ1v) is 13.2. The fourth-order valence-electron chi connectivity index (χ4n) is 3.93. The van der Waals surface area contributed by atoms with Crippen molar-refractivity contribution in [2.75, 3.05) is 26.3 Å². The van der Waals surface area contributed by atoms with E-state index in [0.29, 0.717) is 22.3 Å². The summed E-state index contributed by atoms with van der Waals surface area (Å²) in [5.74, 6) is -1.66. The number of urea groups is 1. The van der Waals surface area contributed by atoms with Gasteiger partial charge in [0.15, 0.2) is 11.6 Å². The minimum absolute atomic E-state index is 0.0439. The molecule has 9 nitrogen and oxygen atoms in total. The van der Waals surface area contributed by atoms with Gasteiger partial charge in [0.05, 0.1) is 24.2 Å². The van der Waals surface area contributed by atoms with E-state index in [1.807, 2.05) is 12.1 Å². The third-order valence-electron chi connectivity index (χ3n) is 6.03. The lowest BCUT2D eigenvalue weighted by Crippen LogP contribution is -2.39. The Morgan fingerprint density at radius 3 is 1.21 bits per heavy atom. The molecule has 0 heterocycles. The summed E-state index contributed by atoms with van der Waals surface area (Å²) in [5.41, 5.74) is 2.19. The highest BCUT2D eigenvalue weighted by molar-refractivity contribution is 6.10. The zero-order chi connectivity index (χ0) is 29.7. The minimum atomic E-state index is -0.624. The maximum Gasteiger partial charge on any atom is 0.338 e. The topological polar surface area (TPSA) is 128 Å². The van der Waals surface area contributed by atoms with Gasteiger partial charge in [0.2, 0.25) is 0 Å². The summed E-state index contributed by atoms with van der Waals surface area (Å²) in [6, 6.07) is 29.4. The second-order valence-electron chi connectivity index (χ2n) is 9.01. The largest absolute Gasteiger partial charge is 0.460 e. The van der Waals surface area contributed by atoms with Crippen molar-refractivity contribution >= 4 is 29.5 Å². The summed E-state index contributed by atoms with van der Waals surface area (Å²) in [6.45, 7) is -0.0866. The first-order chi connectivity index (χ1) is 20.4. The zero-order valence-corrected chi connectivity index (χ0v) is 22.6. The second-order valence-corrected chi connectivity index (χ2v) is 9.01. The van der Waals surface area contributed by atoms with Crippen molar-refractivity contribution < 1.29 is 33.4 Å². The Labute approximate surface area is 242 Å². The number of ether oxygens (including phenoxy) is 2. The Bertz CT molecular complexity index is 1450. The molecular weight excluding hydrogens is 536 g/mol. The standard InChI is InChI=1S/C33H28N2O7/c36-29(23-9-3-1-4-10-23)25-13-7-15-27(21-25)31(38)41-19-17-34-33(40)35-18-20-42-32(39)28-16-8-14-26(22-28)30(37)24-11-5-2-6-12-24/h1-16,21-22H,17-20H2,(H2,34,35,40). The third-order valence-corrected chi connectivity index (χ3v) is 6.03. The number of amides is 2. The van der Waals surface area contributed by atoms with Crippen LogP contribution in [0.4, 0.5) is 4.79 Å². The third kappa shape index (κ3) is 8.22. The van der Waals surface area contributed by atoms with Crippen molar-refractivity contribution in [2.45, 2.75) is 0 Å². The molecular formula is C33H28N2O7. The number of carbonyl (C=O) groups excluding carboxylic acids is 5. The molecule has 0 radical (unpaired) electrons. The van der Waals surface area contributed by atoms with Crippen molar-refractivity contribution in [2.24, 2.45) is 0 Å². The van der Waals surface area contributed by atoms with Crippen molar-refractivity contribution in [3.05, 3.63) is 143 Å². The van der Waals surface area contributed by atoms with Gasteiger partial charge in [-0.05, 0) is 24.3 Å². The number of hydrogen-bond donors (Lipinski definition) is 2. The fraction of sp³-hybridized carbons (Fsp3) is 0.121. The molecule has 0 unspecified atom stereocenters. The van der Waals surface area contributed by atoms with Crippen LogP contribution in [0.3, 0.4) is 0 Å². The zero-order valence-electron chi connectivity index (χ0n) is 22.6. The van der Waals surface area contributed by atoms with Crippen LogP contribution < -0.4 is 10.6 Å². The minimum Gasteiger partial charge on any atom is -0.460 e. The van der Waals surface area contributed by atoms with Gasteiger partial charge >= 0.3 is 18.0 Å². The van der Waals surface area contributed by atoms with Crippen LogP contribution >= 0.6 is 0 Å². The number of rotatable bonds is 12. The van der Waals surface area contributed by atoms with Crippen molar-refractivity contribution in [1.82, 2.24) is 10.6 Å². The highest BCUT2D eigenvalue weighted by Crippen LogP contribution is 2.14. The number of hydrogen-bond acceptors (Lipinski definition) is 7. The van der Waals surface area contributed by atoms with Crippen LogP contribution in [0.25, 0.3) is 0 Å². The predicted octanol–water partition coefficient (Wildman–Crippen LogP) is 4.46. The molecule has 0 aliphatic rings. The number of benzene rings is 4. The lowest BCUT2D eigenvalue weighted by molar-refractivity contribution is 0.0506. The van der Waals surface area contributed by atoms with Gasteiger partial charge in [-0.3, -0.25) is 9.59 Å². The van der Waals surface area contributed by atoms with Crippen LogP contribution in [0.1, 0.15) is 52.6 Å². The number of nitrogens with one attached hydrogen (secondary N) is 2. The van der Waals surface area contributed by atoms with Gasteiger partial charge in [0, 0.05) is 22.3 Å². The van der Waals surface area contributed by atoms with Gasteiger partial charge < -0.3 is 20.1 Å². The SMILES string of the molecule is O=C(NCCOC(=O)c1cccc(C(=O)c2ccccc2)c1)NCCOC(=O)c1cccc(C(=O)c2ccccc2)c1. The monoisotopic (exact) mass is 564 g/mol. The maximum atomic E-state index is 12.6. The van der Waals surface area contributed by atoms with E-state index in [1.54, 1.807) is 84.9 Å². The summed E-state index contributed by atoms with van der Waals surface area (Å²) in [6.07, 6.45) is 0. The normalized spacial score (nSPS) is 10.3. The van der Waals surface area contributed by atoms with Crippen LogP contribution in [0.2, 0.25) is 0 Å². The predicted molar refractivity (Wildman–Crippen MR) is 155 cm³/mol. The molecule has 0 atom stereocenters. The van der Waals surface area contributed by atoms with Crippen LogP contribution in [-0.2, 0) is 9.47 Å². The molecule has 0 saturated heterocycles. The average Bonchev–Trinajstić information content (AvgIpc) is 3.05. The second kappa shape index (κ2) is 14.7. The number of esters is 2. The highest BCUT2D eigenvalue weighted by Gasteiger charge is 2.15. The summed E-state index contributed by atoms with van der Waals surface area (Å²) in [4.78, 5) is 62.0. The quantitative estimate of drug-likeness (QED) is 0.148. The molecule has 0 aliphatic heterocycles. The Morgan fingerprint density at radius 1 is 0.452 bits per heavy atom. The lowest BCUT2D eigenvalue weighted by Gasteiger charge is -2.10. The van der Waals surface area contributed by atoms with Crippen molar-refractivity contribution in [3.63, 3.8) is 0 Å². The summed E-state index contributed by atoms with van der Waals surface area (Å²) < 4.78 is 10.4. The first-order valence-electron chi connectivity index (χ1n) is 13.2. The molecule has 0 fully saturated rings. The van der Waals surface area contributed by atoms with E-state index in [9.17, 15) is 24.0 Å². The van der Waals surface area contributed by atoms with Gasteiger partial charge in [0.1, 0.15) is 13.2 Å². The van der Waals surface area contributed by atoms with Crippen LogP contribution in [-0.4, -0.2) is 55.8 Å². The Kier molecular flexibility index (Phi) is 10.3. The molecule has 0 saturated carbocycles. The Balaban J connectivity index is 1.14. The van der Waals surface area contributed by atoms with Gasteiger partial charge in [-0.25, -0.2) is 14.4 Å². The molecule has 212 valence electrons. The fourth-order valence-corrected chi connectivity index (χ4v) is 3.93. The van der Waals surface area contributed by atoms with Gasteiger partial charge in [-0.1, -0.05) is 84.9 Å². The molecule has 2 N–H and O–H groups in total. The molecule has 9 heteroatoms. The maximum absolute atomic E-state index is 12.6. The van der Waals surface area contributed by atoms with E-state index < -0.39 is 18.0 Å². The van der Waals surface area contributed by atoms with E-state index in [4.69, 9.17) is 9.47 Å². The van der Waals surface area contributed by atoms with E-state index in [2.05, 4.69) is 10.6 Å². The van der Waals surface area contributed by atoms with Crippen molar-refractivity contribution in [1.29, 1.82) is 0 Å². The molecule has 4 aromatic carbocycles. The molecule has 0 spiro atoms. The summed E-state index contributed by atoms with van der Waals surface area (Å²) in [5, 5.41) is 5.07. The Morgan fingerprint density at radius 2 is 0.810 bits per heavy atom. The molecule has 0 aliphatic carbocycles. The Hall–Kier alpha value is -5.57. The van der Waals surface area contributed by atoms with E-state index in [1.165, 1.54) is 12.1 Å². The average molecular weight is 565 g/mol. The van der Waals surface area contributed by atoms with Gasteiger partial charge in [-0.2, -0.15) is 0 Å². The molecule has 42 heavy (non-hydrogen) atoms. The highest BCUT2D eigenvalue weighted by atomic mass is 16.5. The summed E-state index contributed by atoms with van der Waals surface area (Å²) >= 11 is 0. The number of ketones is 2. The summed E-state index contributed by atoms with van der Waals surface area (Å²) in [7, 11) is 0. The van der Waals surface area contributed by atoms with E-state index >= 15 is 0 Å². The van der Waals surface area contributed by atoms with Gasteiger partial charge in [0.25, 0.3) is 0 Å². The van der Waals surface area contributed by atoms with Gasteiger partial charge in [-0.15, -0.1) is 0 Å². The smallest absolute Gasteiger partial charge is 0.338 e. The van der Waals surface area contributed by atoms with E-state index in [-0.39, 0.29) is 49.0 Å². The number of carbonyl (C=O) groups is 5. The van der Waals surface area contributed by atoms with Crippen molar-refractivity contribution in [3.8, 4) is 0 Å². The van der Waals surface area contributed by atoms with Crippen LogP contribution in [0.5, 0.6) is 0 Å². The van der Waals surface area contributed by atoms with Crippen LogP contribution in [0.15, 0.2) is 109 Å².